The van der Waals surface area contributed by atoms with Gasteiger partial charge in [0.05, 0.1) is 13.2 Å². The largest absolute Gasteiger partial charge is 0.497 e. The molecule has 0 saturated carbocycles. The molecule has 1 aromatic carbocycles. The Bertz CT molecular complexity index is 463. The van der Waals surface area contributed by atoms with Crippen LogP contribution in [0.4, 0.5) is 0 Å². The number of rotatable bonds is 8. The van der Waals surface area contributed by atoms with Crippen LogP contribution in [0.25, 0.3) is 0 Å². The zero-order valence-electron chi connectivity index (χ0n) is 15.9. The predicted molar refractivity (Wildman–Crippen MR) is 116 cm³/mol. The minimum atomic E-state index is -0.290. The van der Waals surface area contributed by atoms with Crippen LogP contribution in [0.15, 0.2) is 24.3 Å². The third kappa shape index (κ3) is 9.60. The van der Waals surface area contributed by atoms with Gasteiger partial charge in [0.25, 0.3) is 0 Å². The summed E-state index contributed by atoms with van der Waals surface area (Å²) >= 11 is 0. The highest BCUT2D eigenvalue weighted by Crippen LogP contribution is 2.17. The van der Waals surface area contributed by atoms with Crippen molar-refractivity contribution in [2.45, 2.75) is 31.5 Å². The molecular formula is C18H34Cl3N3O2. The Labute approximate surface area is 176 Å². The van der Waals surface area contributed by atoms with Gasteiger partial charge in [0, 0.05) is 25.7 Å². The number of β-amino-alcohol motifs (C(OH)–C–C–N with tert-alkyl or cyclic N) is 1. The maximum atomic E-state index is 10.4. The van der Waals surface area contributed by atoms with Crippen LogP contribution in [0.3, 0.4) is 0 Å². The van der Waals surface area contributed by atoms with Gasteiger partial charge in [-0.1, -0.05) is 12.1 Å². The lowest BCUT2D eigenvalue weighted by molar-refractivity contribution is 0.0370. The topological polar surface area (TPSA) is 48.0 Å². The highest BCUT2D eigenvalue weighted by Gasteiger charge is 2.26. The first kappa shape index (κ1) is 27.9. The van der Waals surface area contributed by atoms with Crippen LogP contribution in [-0.2, 0) is 6.54 Å². The molecule has 154 valence electrons. The predicted octanol–water partition coefficient (Wildman–Crippen LogP) is 2.44. The van der Waals surface area contributed by atoms with E-state index >= 15 is 0 Å². The Hall–Kier alpha value is -0.270. The van der Waals surface area contributed by atoms with E-state index in [1.165, 1.54) is 5.56 Å². The minimum Gasteiger partial charge on any atom is -0.497 e. The van der Waals surface area contributed by atoms with Crippen molar-refractivity contribution in [2.24, 2.45) is 0 Å². The molecule has 1 aromatic rings. The van der Waals surface area contributed by atoms with Crippen LogP contribution >= 0.6 is 37.2 Å². The van der Waals surface area contributed by atoms with E-state index in [0.717, 1.165) is 51.3 Å². The number of hydrogen-bond donors (Lipinski definition) is 2. The molecule has 1 aliphatic rings. The second kappa shape index (κ2) is 14.7. The number of nitrogens with one attached hydrogen (secondary N) is 1. The van der Waals surface area contributed by atoms with E-state index in [4.69, 9.17) is 4.74 Å². The molecule has 8 heteroatoms. The number of likely N-dealkylation sites (tertiary alicyclic amines) is 1. The summed E-state index contributed by atoms with van der Waals surface area (Å²) < 4.78 is 5.19. The molecule has 0 radical (unpaired) electrons. The summed E-state index contributed by atoms with van der Waals surface area (Å²) in [4.78, 5) is 4.51. The van der Waals surface area contributed by atoms with Gasteiger partial charge in [-0.3, -0.25) is 4.90 Å². The number of aliphatic hydroxyl groups is 1. The normalized spacial score (nSPS) is 19.9. The highest BCUT2D eigenvalue weighted by molar-refractivity contribution is 5.86. The van der Waals surface area contributed by atoms with Gasteiger partial charge in [-0.2, -0.15) is 0 Å². The lowest BCUT2D eigenvalue weighted by atomic mass is 10.0. The Morgan fingerprint density at radius 1 is 1.19 bits per heavy atom. The summed E-state index contributed by atoms with van der Waals surface area (Å²) in [6.07, 6.45) is 1.83. The Morgan fingerprint density at radius 2 is 1.85 bits per heavy atom. The summed E-state index contributed by atoms with van der Waals surface area (Å²) in [5.41, 5.74) is 1.26. The molecule has 1 fully saturated rings. The third-order valence-electron chi connectivity index (χ3n) is 4.42. The molecule has 1 heterocycles. The van der Waals surface area contributed by atoms with Crippen molar-refractivity contribution in [1.82, 2.24) is 15.1 Å². The quantitative estimate of drug-likeness (QED) is 0.620. The second-order valence-electron chi connectivity index (χ2n) is 6.66. The molecule has 2 atom stereocenters. The summed E-state index contributed by atoms with van der Waals surface area (Å²) in [6.45, 7) is 4.69. The molecule has 0 unspecified atom stereocenters. The SMILES string of the molecule is COc1ccc(CN2CC[C@@H](NCCCN(C)C)[C@H](O)C2)cc1.Cl.Cl.Cl. The van der Waals surface area contributed by atoms with Gasteiger partial charge >= 0.3 is 0 Å². The van der Waals surface area contributed by atoms with Crippen molar-refractivity contribution in [3.05, 3.63) is 29.8 Å². The average Bonchev–Trinajstić information content (AvgIpc) is 2.54. The van der Waals surface area contributed by atoms with Crippen LogP contribution in [-0.4, -0.2) is 74.4 Å². The first-order valence-electron chi connectivity index (χ1n) is 8.50. The highest BCUT2D eigenvalue weighted by atomic mass is 35.5. The number of benzene rings is 1. The summed E-state index contributed by atoms with van der Waals surface area (Å²) in [7, 11) is 5.86. The first-order chi connectivity index (χ1) is 11.1. The van der Waals surface area contributed by atoms with Gasteiger partial charge < -0.3 is 20.1 Å². The summed E-state index contributed by atoms with van der Waals surface area (Å²) in [5, 5.41) is 13.9. The first-order valence-corrected chi connectivity index (χ1v) is 8.50. The van der Waals surface area contributed by atoms with E-state index in [1.54, 1.807) is 7.11 Å². The van der Waals surface area contributed by atoms with Gasteiger partial charge in [-0.05, 0) is 57.7 Å². The fourth-order valence-corrected chi connectivity index (χ4v) is 3.05. The van der Waals surface area contributed by atoms with E-state index in [-0.39, 0.29) is 49.4 Å². The van der Waals surface area contributed by atoms with Crippen LogP contribution in [0, 0.1) is 0 Å². The fourth-order valence-electron chi connectivity index (χ4n) is 3.05. The van der Waals surface area contributed by atoms with Crippen LogP contribution in [0.5, 0.6) is 5.75 Å². The summed E-state index contributed by atoms with van der Waals surface area (Å²) in [6, 6.07) is 8.40. The number of nitrogens with zero attached hydrogens (tertiary/aromatic N) is 2. The number of piperidine rings is 1. The van der Waals surface area contributed by atoms with E-state index in [9.17, 15) is 5.11 Å². The van der Waals surface area contributed by atoms with Crippen molar-refractivity contribution in [3.63, 3.8) is 0 Å². The van der Waals surface area contributed by atoms with Gasteiger partial charge in [-0.15, -0.1) is 37.2 Å². The molecule has 2 rings (SSSR count). The van der Waals surface area contributed by atoms with E-state index in [0.29, 0.717) is 0 Å². The molecule has 0 bridgehead atoms. The number of aliphatic hydroxyl groups excluding tert-OH is 1. The van der Waals surface area contributed by atoms with Crippen molar-refractivity contribution in [2.75, 3.05) is 47.4 Å². The maximum Gasteiger partial charge on any atom is 0.118 e. The molecule has 0 spiro atoms. The monoisotopic (exact) mass is 429 g/mol. The van der Waals surface area contributed by atoms with Gasteiger partial charge in [0.1, 0.15) is 5.75 Å². The third-order valence-corrected chi connectivity index (χ3v) is 4.42. The van der Waals surface area contributed by atoms with Gasteiger partial charge in [0.15, 0.2) is 0 Å². The average molecular weight is 431 g/mol. The van der Waals surface area contributed by atoms with Crippen molar-refractivity contribution in [1.29, 1.82) is 0 Å². The lowest BCUT2D eigenvalue weighted by Gasteiger charge is -2.36. The number of halogens is 3. The summed E-state index contributed by atoms with van der Waals surface area (Å²) in [5.74, 6) is 0.884. The number of hydrogen-bond acceptors (Lipinski definition) is 5. The fraction of sp³-hybridized carbons (Fsp3) is 0.667. The molecule has 5 nitrogen and oxygen atoms in total. The Kier molecular flexibility index (Phi) is 15.8. The van der Waals surface area contributed by atoms with Gasteiger partial charge in [-0.25, -0.2) is 0 Å². The lowest BCUT2D eigenvalue weighted by Crippen LogP contribution is -2.52. The van der Waals surface area contributed by atoms with E-state index < -0.39 is 0 Å². The second-order valence-corrected chi connectivity index (χ2v) is 6.66. The van der Waals surface area contributed by atoms with Crippen LogP contribution in [0.2, 0.25) is 0 Å². The zero-order chi connectivity index (χ0) is 16.7. The van der Waals surface area contributed by atoms with Crippen molar-refractivity contribution < 1.29 is 9.84 Å². The van der Waals surface area contributed by atoms with E-state index in [1.807, 2.05) is 12.1 Å². The number of methoxy groups -OCH3 is 1. The molecule has 0 aliphatic carbocycles. The Balaban J connectivity index is 0. The Morgan fingerprint density at radius 3 is 2.38 bits per heavy atom. The van der Waals surface area contributed by atoms with Gasteiger partial charge in [0.2, 0.25) is 0 Å². The minimum absolute atomic E-state index is 0. The van der Waals surface area contributed by atoms with Crippen LogP contribution in [0.1, 0.15) is 18.4 Å². The standard InChI is InChI=1S/C18H31N3O2.3ClH/c1-20(2)11-4-10-19-17-9-12-21(14-18(17)22)13-15-5-7-16(23-3)8-6-15;;;/h5-8,17-19,22H,4,9-14H2,1-3H3;3*1H/t17-,18-;;;/m1.../s1. The maximum absolute atomic E-state index is 10.4. The molecule has 0 aromatic heterocycles. The molecule has 0 amide bonds. The van der Waals surface area contributed by atoms with Crippen molar-refractivity contribution in [3.8, 4) is 5.75 Å². The molecule has 26 heavy (non-hydrogen) atoms. The molecule has 2 N–H and O–H groups in total. The molecular weight excluding hydrogens is 397 g/mol. The smallest absolute Gasteiger partial charge is 0.118 e. The zero-order valence-corrected chi connectivity index (χ0v) is 18.3. The molecule has 1 aliphatic heterocycles. The van der Waals surface area contributed by atoms with Crippen molar-refractivity contribution >= 4 is 37.2 Å². The van der Waals surface area contributed by atoms with E-state index in [2.05, 4.69) is 41.3 Å². The number of ether oxygens (including phenoxy) is 1. The molecule has 1 saturated heterocycles. The van der Waals surface area contributed by atoms with Crippen LogP contribution < -0.4 is 10.1 Å².